The van der Waals surface area contributed by atoms with E-state index in [1.54, 1.807) is 7.11 Å². The predicted octanol–water partition coefficient (Wildman–Crippen LogP) is 3.93. The number of hydrogen-bond donors (Lipinski definition) is 5. The molecule has 0 aromatic carbocycles. The number of hydrogen-bond acceptors (Lipinski definition) is 9. The molecule has 0 spiro atoms. The fourth-order valence-electron chi connectivity index (χ4n) is 10.8. The molecular weight excluding hydrogens is 588 g/mol. The van der Waals surface area contributed by atoms with Gasteiger partial charge in [-0.3, -0.25) is 0 Å². The van der Waals surface area contributed by atoms with Crippen LogP contribution in [0.15, 0.2) is 23.8 Å². The fraction of sp³-hybridized carbons (Fsp3) is 0.865. The number of ether oxygens (including phenoxy) is 3. The molecule has 0 aromatic heterocycles. The first-order valence-electron chi connectivity index (χ1n) is 17.5. The van der Waals surface area contributed by atoms with E-state index in [2.05, 4.69) is 39.0 Å². The number of fused-ring (bicyclic) bond motifs is 5. The Morgan fingerprint density at radius 3 is 2.33 bits per heavy atom. The smallest absolute Gasteiger partial charge is 0.187 e. The topological polar surface area (TPSA) is 146 Å². The Kier molecular flexibility index (Phi) is 9.91. The van der Waals surface area contributed by atoms with E-state index in [-0.39, 0.29) is 28.3 Å². The number of aliphatic hydroxyl groups excluding tert-OH is 5. The van der Waals surface area contributed by atoms with Crippen LogP contribution in [-0.4, -0.2) is 94.1 Å². The number of aldehydes is 1. The third-order valence-corrected chi connectivity index (χ3v) is 14.0. The molecule has 5 aliphatic rings. The largest absolute Gasteiger partial charge is 0.394 e. The second kappa shape index (κ2) is 12.6. The maximum absolute atomic E-state index is 13.7. The van der Waals surface area contributed by atoms with Crippen LogP contribution in [0.2, 0.25) is 0 Å². The zero-order valence-corrected chi connectivity index (χ0v) is 29.2. The van der Waals surface area contributed by atoms with Crippen molar-refractivity contribution in [3.63, 3.8) is 0 Å². The van der Waals surface area contributed by atoms with Crippen molar-refractivity contribution in [2.24, 2.45) is 45.3 Å². The summed E-state index contributed by atoms with van der Waals surface area (Å²) in [5.74, 6) is 0.534. The molecule has 1 saturated heterocycles. The molecule has 4 fully saturated rings. The van der Waals surface area contributed by atoms with Crippen molar-refractivity contribution < 1.29 is 44.5 Å². The van der Waals surface area contributed by atoms with Crippen molar-refractivity contribution in [2.75, 3.05) is 13.7 Å². The zero-order chi connectivity index (χ0) is 34.0. The first kappa shape index (κ1) is 36.1. The normalized spacial score (nSPS) is 47.9. The third kappa shape index (κ3) is 5.49. The van der Waals surface area contributed by atoms with E-state index in [4.69, 9.17) is 14.2 Å². The van der Waals surface area contributed by atoms with Crippen LogP contribution in [0.4, 0.5) is 0 Å². The monoisotopic (exact) mass is 648 g/mol. The maximum atomic E-state index is 13.7. The molecule has 14 unspecified atom stereocenters. The van der Waals surface area contributed by atoms with E-state index in [1.165, 1.54) is 6.29 Å². The standard InChI is InChI=1S/C37H60O9/c1-21(10-9-14-33(2,3)44-8)22-13-15-36(7)31-25(45-32-30(43)29(42)28(41)26(19-38)46-32)18-24-23(11-12-27(40)34(24,4)5)37(31,20-39)17-16-35(22,36)6/h9,14,18,20-23,25-32,38,40-43H,10-13,15-17,19H2,1-8H3/b14-9+. The van der Waals surface area contributed by atoms with Gasteiger partial charge in [-0.1, -0.05) is 58.4 Å². The highest BCUT2D eigenvalue weighted by atomic mass is 16.7. The van der Waals surface area contributed by atoms with Gasteiger partial charge in [0.05, 0.1) is 24.4 Å². The van der Waals surface area contributed by atoms with Gasteiger partial charge in [-0.2, -0.15) is 0 Å². The van der Waals surface area contributed by atoms with E-state index in [0.29, 0.717) is 31.1 Å². The van der Waals surface area contributed by atoms with Crippen molar-refractivity contribution in [3.8, 4) is 0 Å². The molecule has 5 N–H and O–H groups in total. The van der Waals surface area contributed by atoms with E-state index >= 15 is 0 Å². The van der Waals surface area contributed by atoms with Crippen LogP contribution in [0.5, 0.6) is 0 Å². The summed E-state index contributed by atoms with van der Waals surface area (Å²) in [4.78, 5) is 13.7. The molecule has 0 radical (unpaired) electrons. The molecule has 9 heteroatoms. The molecule has 46 heavy (non-hydrogen) atoms. The lowest BCUT2D eigenvalue weighted by atomic mass is 9.38. The zero-order valence-electron chi connectivity index (χ0n) is 29.2. The molecule has 1 heterocycles. The first-order valence-corrected chi connectivity index (χ1v) is 17.5. The molecule has 5 rings (SSSR count). The second-order valence-corrected chi connectivity index (χ2v) is 16.9. The van der Waals surface area contributed by atoms with Crippen LogP contribution in [0.25, 0.3) is 0 Å². The predicted molar refractivity (Wildman–Crippen MR) is 173 cm³/mol. The number of carbonyl (C=O) groups is 1. The summed E-state index contributed by atoms with van der Waals surface area (Å²) in [6.45, 7) is 14.7. The van der Waals surface area contributed by atoms with E-state index in [1.807, 2.05) is 27.7 Å². The van der Waals surface area contributed by atoms with Crippen molar-refractivity contribution in [1.29, 1.82) is 0 Å². The fourth-order valence-corrected chi connectivity index (χ4v) is 10.8. The maximum Gasteiger partial charge on any atom is 0.187 e. The number of aliphatic hydroxyl groups is 5. The Morgan fingerprint density at radius 2 is 1.70 bits per heavy atom. The highest BCUT2D eigenvalue weighted by Gasteiger charge is 2.71. The minimum absolute atomic E-state index is 0.0416. The molecular formula is C37H60O9. The van der Waals surface area contributed by atoms with Crippen molar-refractivity contribution >= 4 is 6.29 Å². The first-order chi connectivity index (χ1) is 21.4. The van der Waals surface area contributed by atoms with Crippen LogP contribution < -0.4 is 0 Å². The number of carbonyl (C=O) groups excluding carboxylic acids is 1. The van der Waals surface area contributed by atoms with Gasteiger partial charge < -0.3 is 44.5 Å². The van der Waals surface area contributed by atoms with Crippen molar-refractivity contribution in [3.05, 3.63) is 23.8 Å². The van der Waals surface area contributed by atoms with Crippen molar-refractivity contribution in [2.45, 2.75) is 142 Å². The minimum Gasteiger partial charge on any atom is -0.394 e. The van der Waals surface area contributed by atoms with Crippen LogP contribution in [-0.2, 0) is 19.0 Å². The van der Waals surface area contributed by atoms with Crippen LogP contribution in [0.1, 0.15) is 93.4 Å². The second-order valence-electron chi connectivity index (χ2n) is 16.9. The Hall–Kier alpha value is -1.17. The number of methoxy groups -OCH3 is 1. The molecule has 262 valence electrons. The minimum atomic E-state index is -1.57. The van der Waals surface area contributed by atoms with Crippen LogP contribution >= 0.6 is 0 Å². The Morgan fingerprint density at radius 1 is 1.00 bits per heavy atom. The number of allylic oxidation sites excluding steroid dienone is 1. The number of rotatable bonds is 9. The lowest BCUT2D eigenvalue weighted by Gasteiger charge is -2.66. The van der Waals surface area contributed by atoms with Crippen LogP contribution in [0.3, 0.4) is 0 Å². The Bertz CT molecular complexity index is 1180. The molecule has 0 amide bonds. The lowest BCUT2D eigenvalue weighted by Crippen LogP contribution is -2.66. The molecule has 9 nitrogen and oxygen atoms in total. The van der Waals surface area contributed by atoms with Gasteiger partial charge in [-0.25, -0.2) is 0 Å². The summed E-state index contributed by atoms with van der Waals surface area (Å²) < 4.78 is 18.2. The van der Waals surface area contributed by atoms with Crippen molar-refractivity contribution in [1.82, 2.24) is 0 Å². The van der Waals surface area contributed by atoms with E-state index in [0.717, 1.165) is 31.3 Å². The van der Waals surface area contributed by atoms with Gasteiger partial charge in [0.2, 0.25) is 0 Å². The molecule has 4 aliphatic carbocycles. The van der Waals surface area contributed by atoms with Gasteiger partial charge in [-0.05, 0) is 87.4 Å². The third-order valence-electron chi connectivity index (χ3n) is 14.0. The summed E-state index contributed by atoms with van der Waals surface area (Å²) in [6.07, 6.45) is 5.19. The summed E-state index contributed by atoms with van der Waals surface area (Å²) in [7, 11) is 1.72. The summed E-state index contributed by atoms with van der Waals surface area (Å²) in [6, 6.07) is 0. The van der Waals surface area contributed by atoms with Gasteiger partial charge >= 0.3 is 0 Å². The van der Waals surface area contributed by atoms with Gasteiger partial charge in [0.25, 0.3) is 0 Å². The van der Waals surface area contributed by atoms with Gasteiger partial charge in [0.1, 0.15) is 30.7 Å². The molecule has 1 aliphatic heterocycles. The van der Waals surface area contributed by atoms with Gasteiger partial charge in [0.15, 0.2) is 6.29 Å². The highest BCUT2D eigenvalue weighted by molar-refractivity contribution is 5.65. The quantitative estimate of drug-likeness (QED) is 0.185. The van der Waals surface area contributed by atoms with E-state index in [9.17, 15) is 30.3 Å². The lowest BCUT2D eigenvalue weighted by molar-refractivity contribution is -0.321. The molecule has 0 aromatic rings. The summed E-state index contributed by atoms with van der Waals surface area (Å²) in [5, 5.41) is 53.1. The average Bonchev–Trinajstić information content (AvgIpc) is 3.29. The Balaban J connectivity index is 1.57. The summed E-state index contributed by atoms with van der Waals surface area (Å²) >= 11 is 0. The molecule has 0 bridgehead atoms. The average molecular weight is 649 g/mol. The van der Waals surface area contributed by atoms with Gasteiger partial charge in [-0.15, -0.1) is 0 Å². The van der Waals surface area contributed by atoms with E-state index < -0.39 is 60.4 Å². The van der Waals surface area contributed by atoms with Gasteiger partial charge in [0, 0.05) is 23.9 Å². The summed E-state index contributed by atoms with van der Waals surface area (Å²) in [5.41, 5.74) is -1.05. The molecule has 3 saturated carbocycles. The SMILES string of the molecule is COC(C)(C)/C=C/CC(C)C1CCC2(C)C3C(OC4OC(CO)C(O)C(O)C4O)C=C4C(CCC(O)C4(C)C)C3(C=O)CCC12C. The highest BCUT2D eigenvalue weighted by Crippen LogP contribution is 2.75. The Labute approximate surface area is 275 Å². The van der Waals surface area contributed by atoms with Crippen LogP contribution in [0, 0.1) is 45.3 Å². The molecule has 14 atom stereocenters.